The van der Waals surface area contributed by atoms with Gasteiger partial charge in [-0.3, -0.25) is 0 Å². The number of rotatable bonds is 1. The molecule has 4 unspecified atom stereocenters. The first-order chi connectivity index (χ1) is 6.31. The zero-order chi connectivity index (χ0) is 9.26. The SMILES string of the molecule is COC1CCNC2CC(Cl)CCC21. The first-order valence-electron chi connectivity index (χ1n) is 5.21. The molecule has 0 aromatic heterocycles. The van der Waals surface area contributed by atoms with Crippen LogP contribution < -0.4 is 5.32 Å². The molecule has 0 radical (unpaired) electrons. The van der Waals surface area contributed by atoms with Gasteiger partial charge in [0, 0.05) is 24.4 Å². The smallest absolute Gasteiger partial charge is 0.0626 e. The standard InChI is InChI=1S/C10H18ClNO/c1-13-10-4-5-12-9-6-7(11)2-3-8(9)10/h7-10,12H,2-6H2,1H3. The van der Waals surface area contributed by atoms with E-state index in [9.17, 15) is 0 Å². The molecular formula is C10H18ClNO. The molecule has 2 nitrogen and oxygen atoms in total. The van der Waals surface area contributed by atoms with E-state index in [2.05, 4.69) is 5.32 Å². The molecule has 0 amide bonds. The van der Waals surface area contributed by atoms with E-state index in [1.54, 1.807) is 0 Å². The van der Waals surface area contributed by atoms with Crippen LogP contribution in [0.5, 0.6) is 0 Å². The van der Waals surface area contributed by atoms with Crippen molar-refractivity contribution in [1.82, 2.24) is 5.32 Å². The molecule has 0 aromatic rings. The van der Waals surface area contributed by atoms with E-state index >= 15 is 0 Å². The molecule has 1 saturated carbocycles. The van der Waals surface area contributed by atoms with Crippen LogP contribution in [0.4, 0.5) is 0 Å². The molecule has 0 bridgehead atoms. The van der Waals surface area contributed by atoms with Crippen molar-refractivity contribution in [2.45, 2.75) is 43.2 Å². The molecule has 3 heteroatoms. The van der Waals surface area contributed by atoms with Gasteiger partial charge in [0.25, 0.3) is 0 Å². The Kier molecular flexibility index (Phi) is 3.12. The predicted octanol–water partition coefficient (Wildman–Crippen LogP) is 1.77. The highest BCUT2D eigenvalue weighted by Crippen LogP contribution is 2.34. The van der Waals surface area contributed by atoms with Gasteiger partial charge in [-0.25, -0.2) is 0 Å². The highest BCUT2D eigenvalue weighted by molar-refractivity contribution is 6.20. The number of methoxy groups -OCH3 is 1. The quantitative estimate of drug-likeness (QED) is 0.656. The number of fused-ring (bicyclic) bond motifs is 1. The Bertz CT molecular complexity index is 176. The lowest BCUT2D eigenvalue weighted by Gasteiger charge is -2.42. The lowest BCUT2D eigenvalue weighted by Crippen LogP contribution is -2.52. The van der Waals surface area contributed by atoms with Gasteiger partial charge in [-0.1, -0.05) is 0 Å². The maximum absolute atomic E-state index is 6.15. The fourth-order valence-electron chi connectivity index (χ4n) is 2.74. The minimum Gasteiger partial charge on any atom is -0.381 e. The maximum Gasteiger partial charge on any atom is 0.0626 e. The first-order valence-corrected chi connectivity index (χ1v) is 5.65. The number of piperidine rings is 1. The molecule has 4 atom stereocenters. The summed E-state index contributed by atoms with van der Waals surface area (Å²) in [5.74, 6) is 0.703. The third-order valence-corrected chi connectivity index (χ3v) is 3.85. The highest BCUT2D eigenvalue weighted by atomic mass is 35.5. The summed E-state index contributed by atoms with van der Waals surface area (Å²) < 4.78 is 5.51. The molecule has 1 aliphatic heterocycles. The van der Waals surface area contributed by atoms with E-state index in [1.807, 2.05) is 7.11 Å². The maximum atomic E-state index is 6.15. The fraction of sp³-hybridized carbons (Fsp3) is 1.00. The summed E-state index contributed by atoms with van der Waals surface area (Å²) in [7, 11) is 1.83. The van der Waals surface area contributed by atoms with E-state index in [0.29, 0.717) is 23.4 Å². The van der Waals surface area contributed by atoms with Crippen molar-refractivity contribution in [1.29, 1.82) is 0 Å². The predicted molar refractivity (Wildman–Crippen MR) is 54.2 cm³/mol. The lowest BCUT2D eigenvalue weighted by molar-refractivity contribution is -0.00336. The molecule has 13 heavy (non-hydrogen) atoms. The van der Waals surface area contributed by atoms with Gasteiger partial charge < -0.3 is 10.1 Å². The number of halogens is 1. The van der Waals surface area contributed by atoms with Crippen LogP contribution in [-0.2, 0) is 4.74 Å². The van der Waals surface area contributed by atoms with Gasteiger partial charge in [0.2, 0.25) is 0 Å². The molecule has 2 fully saturated rings. The first kappa shape index (κ1) is 9.75. The van der Waals surface area contributed by atoms with Crippen LogP contribution in [-0.4, -0.2) is 31.2 Å². The number of hydrogen-bond acceptors (Lipinski definition) is 2. The molecular weight excluding hydrogens is 186 g/mol. The second-order valence-corrected chi connectivity index (χ2v) is 4.81. The molecule has 1 heterocycles. The molecule has 1 aliphatic carbocycles. The molecule has 2 aliphatic rings. The molecule has 76 valence electrons. The highest BCUT2D eigenvalue weighted by Gasteiger charge is 2.37. The molecule has 1 saturated heterocycles. The zero-order valence-electron chi connectivity index (χ0n) is 8.13. The molecule has 2 rings (SSSR count). The third-order valence-electron chi connectivity index (χ3n) is 3.46. The van der Waals surface area contributed by atoms with Crippen molar-refractivity contribution in [3.8, 4) is 0 Å². The Labute approximate surface area is 85.0 Å². The van der Waals surface area contributed by atoms with Crippen LogP contribution in [0, 0.1) is 5.92 Å². The van der Waals surface area contributed by atoms with E-state index in [0.717, 1.165) is 25.8 Å². The normalized spacial score (nSPS) is 45.7. The summed E-state index contributed by atoms with van der Waals surface area (Å²) in [6.45, 7) is 1.09. The lowest BCUT2D eigenvalue weighted by atomic mass is 9.77. The van der Waals surface area contributed by atoms with Crippen molar-refractivity contribution >= 4 is 11.6 Å². The molecule has 0 spiro atoms. The Morgan fingerprint density at radius 3 is 2.92 bits per heavy atom. The van der Waals surface area contributed by atoms with Gasteiger partial charge >= 0.3 is 0 Å². The summed E-state index contributed by atoms with van der Waals surface area (Å²) in [5, 5.41) is 3.93. The summed E-state index contributed by atoms with van der Waals surface area (Å²) in [6.07, 6.45) is 5.13. The van der Waals surface area contributed by atoms with Crippen LogP contribution in [0.3, 0.4) is 0 Å². The minimum absolute atomic E-state index is 0.379. The Hall–Kier alpha value is 0.210. The summed E-state index contributed by atoms with van der Waals surface area (Å²) in [5.41, 5.74) is 0. The van der Waals surface area contributed by atoms with Crippen LogP contribution in [0.1, 0.15) is 25.7 Å². The van der Waals surface area contributed by atoms with Crippen molar-refractivity contribution < 1.29 is 4.74 Å². The van der Waals surface area contributed by atoms with Crippen LogP contribution in [0.25, 0.3) is 0 Å². The second kappa shape index (κ2) is 4.16. The van der Waals surface area contributed by atoms with Crippen LogP contribution >= 0.6 is 11.6 Å². The van der Waals surface area contributed by atoms with Crippen molar-refractivity contribution in [2.24, 2.45) is 5.92 Å². The number of hydrogen-bond donors (Lipinski definition) is 1. The average Bonchev–Trinajstić information content (AvgIpc) is 2.16. The topological polar surface area (TPSA) is 21.3 Å². The largest absolute Gasteiger partial charge is 0.381 e. The fourth-order valence-corrected chi connectivity index (χ4v) is 3.06. The third kappa shape index (κ3) is 2.00. The molecule has 0 aromatic carbocycles. The van der Waals surface area contributed by atoms with E-state index < -0.39 is 0 Å². The average molecular weight is 204 g/mol. The number of nitrogens with one attached hydrogen (secondary N) is 1. The zero-order valence-corrected chi connectivity index (χ0v) is 8.89. The van der Waals surface area contributed by atoms with Gasteiger partial charge in [-0.05, 0) is 32.2 Å². The van der Waals surface area contributed by atoms with E-state index in [4.69, 9.17) is 16.3 Å². The number of alkyl halides is 1. The monoisotopic (exact) mass is 203 g/mol. The molecule has 1 N–H and O–H groups in total. The van der Waals surface area contributed by atoms with Crippen molar-refractivity contribution in [3.05, 3.63) is 0 Å². The van der Waals surface area contributed by atoms with E-state index in [1.165, 1.54) is 6.42 Å². The van der Waals surface area contributed by atoms with Gasteiger partial charge in [-0.15, -0.1) is 11.6 Å². The van der Waals surface area contributed by atoms with Crippen molar-refractivity contribution in [3.63, 3.8) is 0 Å². The summed E-state index contributed by atoms with van der Waals surface area (Å²) >= 11 is 6.15. The van der Waals surface area contributed by atoms with Crippen LogP contribution in [0.15, 0.2) is 0 Å². The van der Waals surface area contributed by atoms with E-state index in [-0.39, 0.29) is 0 Å². The van der Waals surface area contributed by atoms with Gasteiger partial charge in [0.15, 0.2) is 0 Å². The van der Waals surface area contributed by atoms with Gasteiger partial charge in [0.1, 0.15) is 0 Å². The summed E-state index contributed by atoms with van der Waals surface area (Å²) in [6, 6.07) is 0.606. The van der Waals surface area contributed by atoms with Gasteiger partial charge in [-0.2, -0.15) is 0 Å². The minimum atomic E-state index is 0.379. The Balaban J connectivity index is 1.99. The Morgan fingerprint density at radius 2 is 2.15 bits per heavy atom. The van der Waals surface area contributed by atoms with Crippen LogP contribution in [0.2, 0.25) is 0 Å². The summed E-state index contributed by atoms with van der Waals surface area (Å²) in [4.78, 5) is 0. The number of ether oxygens (including phenoxy) is 1. The van der Waals surface area contributed by atoms with Crippen molar-refractivity contribution in [2.75, 3.05) is 13.7 Å². The van der Waals surface area contributed by atoms with Gasteiger partial charge in [0.05, 0.1) is 6.10 Å². The second-order valence-electron chi connectivity index (χ2n) is 4.20. The Morgan fingerprint density at radius 1 is 1.31 bits per heavy atom.